The summed E-state index contributed by atoms with van der Waals surface area (Å²) in [6.07, 6.45) is 9.37. The van der Waals surface area contributed by atoms with E-state index < -0.39 is 82.5 Å². The van der Waals surface area contributed by atoms with Crippen LogP contribution in [-0.4, -0.2) is 168 Å². The van der Waals surface area contributed by atoms with Gasteiger partial charge in [0.2, 0.25) is 17.7 Å². The fourth-order valence-electron chi connectivity index (χ4n) is 14.8. The number of piperazine rings is 1. The number of carbonyl (C=O) groups is 6. The second-order valence-electron chi connectivity index (χ2n) is 27.0. The number of piperidine rings is 2. The molecule has 4 aromatic carbocycles. The molecule has 8 aliphatic rings. The summed E-state index contributed by atoms with van der Waals surface area (Å²) in [5, 5.41) is 8.42. The van der Waals surface area contributed by atoms with E-state index in [0.29, 0.717) is 86.4 Å². The smallest absolute Gasteiger partial charge is 0.384 e. The molecule has 488 valence electrons. The zero-order chi connectivity index (χ0) is 64.8. The van der Waals surface area contributed by atoms with Gasteiger partial charge >= 0.3 is 5.51 Å². The summed E-state index contributed by atoms with van der Waals surface area (Å²) in [7, 11) is -9.37. The number of nitrogens with zero attached hydrogens (tertiary/aromatic N) is 5. The lowest BCUT2D eigenvalue weighted by molar-refractivity contribution is -0.167. The molecule has 19 nitrogen and oxygen atoms in total. The van der Waals surface area contributed by atoms with Gasteiger partial charge in [-0.3, -0.25) is 43.9 Å². The number of carbonyl (C=O) groups excluding carboxylic acids is 6. The van der Waals surface area contributed by atoms with E-state index in [2.05, 4.69) is 51.4 Å². The van der Waals surface area contributed by atoms with Crippen LogP contribution in [0, 0.1) is 22.2 Å². The number of anilines is 3. The number of allylic oxidation sites excluding steroid dienone is 1. The number of likely N-dealkylation sites (tertiary alicyclic amines) is 1. The lowest BCUT2D eigenvalue weighted by Gasteiger charge is -2.72. The molecule has 3 saturated carbocycles. The van der Waals surface area contributed by atoms with E-state index in [0.717, 1.165) is 66.8 Å². The summed E-state index contributed by atoms with van der Waals surface area (Å²) < 4.78 is 100. The highest BCUT2D eigenvalue weighted by Gasteiger charge is 2.67. The molecule has 91 heavy (non-hydrogen) atoms. The number of imide groups is 2. The number of sulfone groups is 1. The average Bonchev–Trinajstić information content (AvgIpc) is 0.973. The van der Waals surface area contributed by atoms with E-state index in [9.17, 15) is 58.8 Å². The predicted octanol–water partition coefficient (Wildman–Crippen LogP) is 8.95. The molecule has 12 rings (SSSR count). The third-order valence-corrected chi connectivity index (χ3v) is 23.6. The van der Waals surface area contributed by atoms with Crippen molar-refractivity contribution in [2.24, 2.45) is 22.2 Å². The summed E-state index contributed by atoms with van der Waals surface area (Å²) in [6.45, 7) is 13.7. The zero-order valence-corrected chi connectivity index (χ0v) is 54.3. The van der Waals surface area contributed by atoms with Crippen molar-refractivity contribution in [1.29, 1.82) is 0 Å². The molecule has 4 aromatic rings. The molecule has 2 bridgehead atoms. The lowest BCUT2D eigenvalue weighted by Crippen LogP contribution is -2.61. The van der Waals surface area contributed by atoms with Crippen LogP contribution in [0.15, 0.2) is 117 Å². The van der Waals surface area contributed by atoms with Gasteiger partial charge in [-0.15, -0.1) is 11.8 Å². The van der Waals surface area contributed by atoms with E-state index in [1.54, 1.807) is 47.4 Å². The highest BCUT2D eigenvalue weighted by Crippen LogP contribution is 2.77. The first-order valence-corrected chi connectivity index (χ1v) is 35.4. The van der Waals surface area contributed by atoms with Gasteiger partial charge < -0.3 is 25.3 Å². The number of hydrogen-bond acceptors (Lipinski definition) is 16. The number of nitrogens with one attached hydrogen (secondary N) is 4. The number of fused-ring (bicyclic) bond motifs is 1. The van der Waals surface area contributed by atoms with Crippen LogP contribution < -0.4 is 25.6 Å². The molecule has 0 aromatic heterocycles. The quantitative estimate of drug-likeness (QED) is 0.0235. The van der Waals surface area contributed by atoms with Crippen molar-refractivity contribution in [2.45, 2.75) is 130 Å². The highest BCUT2D eigenvalue weighted by molar-refractivity contribution is 7.99. The van der Waals surface area contributed by atoms with Crippen molar-refractivity contribution in [1.82, 2.24) is 29.6 Å². The summed E-state index contributed by atoms with van der Waals surface area (Å²) in [4.78, 5) is 86.5. The molecule has 0 spiro atoms. The summed E-state index contributed by atoms with van der Waals surface area (Å²) in [6, 6.07) is 21.1. The van der Waals surface area contributed by atoms with Crippen molar-refractivity contribution in [3.05, 3.63) is 119 Å². The number of benzene rings is 4. The molecule has 25 heteroatoms. The molecule has 4 heterocycles. The molecular formula is C66H80F3N9O10S3. The van der Waals surface area contributed by atoms with E-state index in [1.807, 2.05) is 35.1 Å². The fraction of sp³-hybridized carbons (Fsp3) is 0.515. The first-order valence-electron chi connectivity index (χ1n) is 31.4. The maximum Gasteiger partial charge on any atom is 0.501 e. The Morgan fingerprint density at radius 3 is 2.18 bits per heavy atom. The maximum atomic E-state index is 14.5. The second kappa shape index (κ2) is 25.9. The second-order valence-corrected chi connectivity index (χ2v) is 31.7. The summed E-state index contributed by atoms with van der Waals surface area (Å²) in [5.74, 6) is -3.52. The molecule has 1 unspecified atom stereocenters. The van der Waals surface area contributed by atoms with Crippen molar-refractivity contribution < 1.29 is 58.8 Å². The molecule has 4 N–H and O–H groups in total. The number of sulfonamides is 1. The Morgan fingerprint density at radius 1 is 0.802 bits per heavy atom. The number of hydrogen-bond donors (Lipinski definition) is 4. The van der Waals surface area contributed by atoms with Gasteiger partial charge in [0.1, 0.15) is 10.9 Å². The minimum absolute atomic E-state index is 0.00171. The van der Waals surface area contributed by atoms with Crippen LogP contribution >= 0.6 is 11.8 Å². The Bertz CT molecular complexity index is 3740. The molecule has 6 amide bonds. The number of amides is 6. The predicted molar refractivity (Wildman–Crippen MR) is 341 cm³/mol. The molecule has 0 radical (unpaired) electrons. The molecule has 4 aliphatic heterocycles. The van der Waals surface area contributed by atoms with Crippen LogP contribution in [0.5, 0.6) is 0 Å². The van der Waals surface area contributed by atoms with Crippen LogP contribution in [0.1, 0.15) is 129 Å². The van der Waals surface area contributed by atoms with Gasteiger partial charge in [0.05, 0.1) is 21.7 Å². The average molecular weight is 1310 g/mol. The Labute approximate surface area is 534 Å². The highest BCUT2D eigenvalue weighted by atomic mass is 32.2. The van der Waals surface area contributed by atoms with E-state index in [-0.39, 0.29) is 47.1 Å². The molecule has 6 fully saturated rings. The van der Waals surface area contributed by atoms with Gasteiger partial charge in [-0.05, 0) is 167 Å². The monoisotopic (exact) mass is 1310 g/mol. The third-order valence-electron chi connectivity index (χ3n) is 19.6. The van der Waals surface area contributed by atoms with Gasteiger partial charge in [0, 0.05) is 105 Å². The summed E-state index contributed by atoms with van der Waals surface area (Å²) >= 11 is 1.40. The van der Waals surface area contributed by atoms with E-state index in [1.165, 1.54) is 62.1 Å². The summed E-state index contributed by atoms with van der Waals surface area (Å²) in [5.41, 5.74) is -0.103. The van der Waals surface area contributed by atoms with Crippen LogP contribution in [0.2, 0.25) is 0 Å². The lowest BCUT2D eigenvalue weighted by atomic mass is 9.33. The third kappa shape index (κ3) is 14.1. The Balaban J connectivity index is 0.681. The van der Waals surface area contributed by atoms with Gasteiger partial charge in [0.15, 0.2) is 0 Å². The molecule has 4 aliphatic carbocycles. The van der Waals surface area contributed by atoms with Gasteiger partial charge in [0.25, 0.3) is 37.6 Å². The largest absolute Gasteiger partial charge is 0.501 e. The van der Waals surface area contributed by atoms with Crippen molar-refractivity contribution in [2.75, 3.05) is 93.8 Å². The minimum Gasteiger partial charge on any atom is -0.384 e. The Hall–Kier alpha value is -6.80. The Morgan fingerprint density at radius 2 is 1.51 bits per heavy atom. The molecule has 2 atom stereocenters. The SMILES string of the molecule is CN(CCCNc1cccc2c1C(=O)N(C1CCC(=O)NC1=O)C2=O)C(=O)C1CCN(CC[C@H](CSc2ccccc2)Nc2ccc(S(=O)(=O)NC(=O)c3ccc(N4CCN(CC5=C(C67CC(C)(C6)C7)CC(C)(C)CC5)CC4)cc3)cc2S(=O)(=O)C(F)(F)F)CC1. The van der Waals surface area contributed by atoms with Crippen LogP contribution in [0.4, 0.5) is 30.2 Å². The first kappa shape index (κ1) is 65.7. The molecule has 3 saturated heterocycles. The maximum absolute atomic E-state index is 14.5. The van der Waals surface area contributed by atoms with Gasteiger partial charge in [-0.2, -0.15) is 13.2 Å². The first-order chi connectivity index (χ1) is 43.1. The van der Waals surface area contributed by atoms with Crippen LogP contribution in [0.3, 0.4) is 0 Å². The van der Waals surface area contributed by atoms with Gasteiger partial charge in [-0.1, -0.05) is 56.2 Å². The Kier molecular flexibility index (Phi) is 18.7. The number of alkyl halides is 3. The number of halogens is 3. The van der Waals surface area contributed by atoms with Crippen LogP contribution in [0.25, 0.3) is 0 Å². The van der Waals surface area contributed by atoms with E-state index >= 15 is 0 Å². The number of thioether (sulfide) groups is 1. The standard InChI is InChI=1S/C66H80F3N9O10S3/c1-63(2)26-22-45(51(37-63)65-40-64(3,41-65)42-65)38-76-32-34-77(35-33-76)47-16-14-43(15-17-47)58(80)73-91(87,88)49-18-19-52(55(36-49)90(85,86)66(67,68)69)71-46(39-89-48-10-6-5-7-11-48)25-31-75-29-23-44(24-30-75)60(82)74(4)28-9-27-70-53-13-8-12-50-57(53)62(84)78(61(50)83)54-20-21-56(79)72-59(54)81/h5-8,10-19,36,44,46,54,70-71H,9,20-35,37-42H2,1-4H3,(H,73,80)(H,72,79,81)/t46-,54?,64?,65?/m1/s1. The van der Waals surface area contributed by atoms with Crippen molar-refractivity contribution in [3.63, 3.8) is 0 Å². The normalized spacial score (nSPS) is 23.4. The van der Waals surface area contributed by atoms with Crippen LogP contribution in [-0.2, 0) is 34.2 Å². The minimum atomic E-state index is -6.16. The van der Waals surface area contributed by atoms with Crippen molar-refractivity contribution >= 4 is 84.1 Å². The molecular weight excluding hydrogens is 1230 g/mol. The fourth-order valence-corrected chi connectivity index (χ4v) is 17.8. The van der Waals surface area contributed by atoms with Gasteiger partial charge in [-0.25, -0.2) is 21.6 Å². The number of rotatable bonds is 23. The van der Waals surface area contributed by atoms with Crippen molar-refractivity contribution in [3.8, 4) is 0 Å². The topological polar surface area (TPSA) is 235 Å². The zero-order valence-electron chi connectivity index (χ0n) is 51.8. The van der Waals surface area contributed by atoms with E-state index in [4.69, 9.17) is 0 Å².